The van der Waals surface area contributed by atoms with Crippen LogP contribution in [0.15, 0.2) is 33.5 Å². The molecule has 1 aromatic carbocycles. The second-order valence-electron chi connectivity index (χ2n) is 6.15. The van der Waals surface area contributed by atoms with Crippen molar-refractivity contribution in [1.82, 2.24) is 4.90 Å². The van der Waals surface area contributed by atoms with Crippen molar-refractivity contribution < 1.29 is 4.42 Å². The highest BCUT2D eigenvalue weighted by Gasteiger charge is 2.32. The fraction of sp³-hybridized carbons (Fsp3) is 0.471. The highest BCUT2D eigenvalue weighted by molar-refractivity contribution is 5.80. The minimum atomic E-state index is -0.285. The summed E-state index contributed by atoms with van der Waals surface area (Å²) in [6.07, 6.45) is 2.53. The molecule has 1 aromatic heterocycles. The van der Waals surface area contributed by atoms with E-state index in [0.717, 1.165) is 23.1 Å². The van der Waals surface area contributed by atoms with Gasteiger partial charge in [-0.05, 0) is 49.9 Å². The van der Waals surface area contributed by atoms with E-state index in [1.165, 1.54) is 12.8 Å². The predicted molar refractivity (Wildman–Crippen MR) is 84.3 cm³/mol. The monoisotopic (exact) mass is 286 g/mol. The van der Waals surface area contributed by atoms with E-state index in [2.05, 4.69) is 11.9 Å². The number of nitrogens with zero attached hydrogens (tertiary/aromatic N) is 1. The van der Waals surface area contributed by atoms with Crippen molar-refractivity contribution in [2.24, 2.45) is 11.7 Å². The SMILES string of the molecule is Cc1ccc2c(CN(C)C(CN)C3CC3)cc(=O)oc2c1. The minimum absolute atomic E-state index is 0.285. The normalized spacial score (nSPS) is 16.6. The summed E-state index contributed by atoms with van der Waals surface area (Å²) in [6.45, 7) is 3.39. The average molecular weight is 286 g/mol. The lowest BCUT2D eigenvalue weighted by Crippen LogP contribution is -2.39. The number of hydrogen-bond donors (Lipinski definition) is 1. The molecule has 1 unspecified atom stereocenters. The van der Waals surface area contributed by atoms with Crippen molar-refractivity contribution in [3.8, 4) is 0 Å². The van der Waals surface area contributed by atoms with Crippen LogP contribution in [0, 0.1) is 12.8 Å². The molecule has 112 valence electrons. The first kappa shape index (κ1) is 14.3. The summed E-state index contributed by atoms with van der Waals surface area (Å²) in [5, 5.41) is 1.01. The summed E-state index contributed by atoms with van der Waals surface area (Å²) < 4.78 is 5.31. The molecule has 1 aliphatic rings. The van der Waals surface area contributed by atoms with Crippen LogP contribution >= 0.6 is 0 Å². The van der Waals surface area contributed by atoms with E-state index in [1.54, 1.807) is 6.07 Å². The van der Waals surface area contributed by atoms with E-state index in [1.807, 2.05) is 25.1 Å². The Morgan fingerprint density at radius 3 is 2.81 bits per heavy atom. The minimum Gasteiger partial charge on any atom is -0.423 e. The van der Waals surface area contributed by atoms with Crippen molar-refractivity contribution in [2.45, 2.75) is 32.4 Å². The molecule has 0 amide bonds. The van der Waals surface area contributed by atoms with Crippen LogP contribution in [-0.2, 0) is 6.54 Å². The van der Waals surface area contributed by atoms with Gasteiger partial charge in [0.1, 0.15) is 5.58 Å². The van der Waals surface area contributed by atoms with Crippen molar-refractivity contribution in [3.63, 3.8) is 0 Å². The zero-order chi connectivity index (χ0) is 15.0. The van der Waals surface area contributed by atoms with Gasteiger partial charge in [-0.3, -0.25) is 4.90 Å². The Balaban J connectivity index is 1.94. The van der Waals surface area contributed by atoms with Crippen LogP contribution in [0.1, 0.15) is 24.0 Å². The molecule has 1 saturated carbocycles. The number of aryl methyl sites for hydroxylation is 1. The predicted octanol–water partition coefficient (Wildman–Crippen LogP) is 2.27. The number of hydrogen-bond acceptors (Lipinski definition) is 4. The fourth-order valence-electron chi connectivity index (χ4n) is 3.07. The molecular formula is C17H22N2O2. The number of fused-ring (bicyclic) bond motifs is 1. The maximum atomic E-state index is 11.8. The molecule has 1 fully saturated rings. The summed E-state index contributed by atoms with van der Waals surface area (Å²) in [6, 6.07) is 8.01. The zero-order valence-electron chi connectivity index (χ0n) is 12.6. The lowest BCUT2D eigenvalue weighted by Gasteiger charge is -2.27. The summed E-state index contributed by atoms with van der Waals surface area (Å²) >= 11 is 0. The Kier molecular flexibility index (Phi) is 3.83. The van der Waals surface area contributed by atoms with Crippen LogP contribution in [0.25, 0.3) is 11.0 Å². The molecule has 0 bridgehead atoms. The third-order valence-electron chi connectivity index (χ3n) is 4.38. The molecule has 1 aliphatic carbocycles. The smallest absolute Gasteiger partial charge is 0.336 e. The second kappa shape index (κ2) is 5.62. The van der Waals surface area contributed by atoms with Gasteiger partial charge in [0.15, 0.2) is 0 Å². The van der Waals surface area contributed by atoms with Gasteiger partial charge in [0, 0.05) is 30.6 Å². The Morgan fingerprint density at radius 1 is 1.38 bits per heavy atom. The highest BCUT2D eigenvalue weighted by Crippen LogP contribution is 2.35. The molecule has 2 aromatic rings. The Morgan fingerprint density at radius 2 is 2.14 bits per heavy atom. The number of likely N-dealkylation sites (N-methyl/N-ethyl adjacent to an activating group) is 1. The number of rotatable bonds is 5. The zero-order valence-corrected chi connectivity index (χ0v) is 12.6. The van der Waals surface area contributed by atoms with Crippen molar-refractivity contribution in [3.05, 3.63) is 45.8 Å². The van der Waals surface area contributed by atoms with E-state index in [-0.39, 0.29) is 5.63 Å². The molecule has 2 N–H and O–H groups in total. The summed E-state index contributed by atoms with van der Waals surface area (Å²) in [5.41, 5.74) is 8.40. The summed E-state index contributed by atoms with van der Waals surface area (Å²) in [4.78, 5) is 14.0. The molecular weight excluding hydrogens is 264 g/mol. The standard InChI is InChI=1S/C17H22N2O2/c1-11-3-6-14-13(8-17(20)21-16(14)7-11)10-19(2)15(9-18)12-4-5-12/h3,6-8,12,15H,4-5,9-10,18H2,1-2H3. The Labute approximate surface area is 124 Å². The Hall–Kier alpha value is -1.65. The molecule has 1 heterocycles. The van der Waals surface area contributed by atoms with Crippen molar-refractivity contribution >= 4 is 11.0 Å². The van der Waals surface area contributed by atoms with Crippen LogP contribution < -0.4 is 11.4 Å². The molecule has 0 aliphatic heterocycles. The van der Waals surface area contributed by atoms with Crippen LogP contribution in [0.5, 0.6) is 0 Å². The maximum absolute atomic E-state index is 11.8. The average Bonchev–Trinajstić information content (AvgIpc) is 3.23. The van der Waals surface area contributed by atoms with E-state index in [0.29, 0.717) is 24.1 Å². The largest absolute Gasteiger partial charge is 0.423 e. The first-order valence-corrected chi connectivity index (χ1v) is 7.52. The van der Waals surface area contributed by atoms with Crippen LogP contribution in [-0.4, -0.2) is 24.5 Å². The molecule has 3 rings (SSSR count). The molecule has 4 heteroatoms. The van der Waals surface area contributed by atoms with Gasteiger partial charge >= 0.3 is 5.63 Å². The second-order valence-corrected chi connectivity index (χ2v) is 6.15. The summed E-state index contributed by atoms with van der Waals surface area (Å²) in [5.74, 6) is 0.716. The highest BCUT2D eigenvalue weighted by atomic mass is 16.4. The van der Waals surface area contributed by atoms with Crippen molar-refractivity contribution in [1.29, 1.82) is 0 Å². The van der Waals surface area contributed by atoms with Gasteiger partial charge in [0.05, 0.1) is 0 Å². The van der Waals surface area contributed by atoms with E-state index in [9.17, 15) is 4.79 Å². The van der Waals surface area contributed by atoms with Gasteiger partial charge in [0.2, 0.25) is 0 Å². The lowest BCUT2D eigenvalue weighted by atomic mass is 10.1. The molecule has 0 radical (unpaired) electrons. The van der Waals surface area contributed by atoms with Gasteiger partial charge in [-0.2, -0.15) is 0 Å². The molecule has 4 nitrogen and oxygen atoms in total. The van der Waals surface area contributed by atoms with Gasteiger partial charge in [-0.1, -0.05) is 12.1 Å². The van der Waals surface area contributed by atoms with Gasteiger partial charge < -0.3 is 10.2 Å². The first-order chi connectivity index (χ1) is 10.1. The number of benzene rings is 1. The van der Waals surface area contributed by atoms with Crippen LogP contribution in [0.4, 0.5) is 0 Å². The molecule has 21 heavy (non-hydrogen) atoms. The van der Waals surface area contributed by atoms with Gasteiger partial charge in [-0.25, -0.2) is 4.79 Å². The quantitative estimate of drug-likeness (QED) is 0.857. The maximum Gasteiger partial charge on any atom is 0.336 e. The fourth-order valence-corrected chi connectivity index (χ4v) is 3.07. The molecule has 0 saturated heterocycles. The third kappa shape index (κ3) is 3.01. The van der Waals surface area contributed by atoms with Gasteiger partial charge in [0.25, 0.3) is 0 Å². The first-order valence-electron chi connectivity index (χ1n) is 7.52. The third-order valence-corrected chi connectivity index (χ3v) is 4.38. The van der Waals surface area contributed by atoms with E-state index < -0.39 is 0 Å². The lowest BCUT2D eigenvalue weighted by molar-refractivity contribution is 0.216. The Bertz CT molecular complexity index is 703. The van der Waals surface area contributed by atoms with E-state index in [4.69, 9.17) is 10.2 Å². The topological polar surface area (TPSA) is 59.5 Å². The van der Waals surface area contributed by atoms with Crippen LogP contribution in [0.3, 0.4) is 0 Å². The van der Waals surface area contributed by atoms with Crippen LogP contribution in [0.2, 0.25) is 0 Å². The molecule has 0 spiro atoms. The summed E-state index contributed by atoms with van der Waals surface area (Å²) in [7, 11) is 2.09. The number of nitrogens with two attached hydrogens (primary N) is 1. The van der Waals surface area contributed by atoms with E-state index >= 15 is 0 Å². The van der Waals surface area contributed by atoms with Gasteiger partial charge in [-0.15, -0.1) is 0 Å². The van der Waals surface area contributed by atoms with Crippen molar-refractivity contribution in [2.75, 3.05) is 13.6 Å². The molecule has 1 atom stereocenters.